The molecule has 0 aliphatic carbocycles. The quantitative estimate of drug-likeness (QED) is 0.363. The molecule has 1 aromatic heterocycles. The monoisotopic (exact) mass is 499 g/mol. The lowest BCUT2D eigenvalue weighted by Crippen LogP contribution is -2.29. The van der Waals surface area contributed by atoms with E-state index in [1.165, 1.54) is 4.68 Å². The highest BCUT2D eigenvalue weighted by molar-refractivity contribution is 9.10. The van der Waals surface area contributed by atoms with Crippen molar-refractivity contribution >= 4 is 39.0 Å². The standard InChI is InChI=1S/C24H26BrN3O4/c1-15(2)32-21(29)14-31-18-8-6-7-16(11-18)13-26-28-22(30)19-12-17(25)9-10-20(19)27-23(28)24(3,4)5/h6-13,15H,14H2,1-5H3. The minimum Gasteiger partial charge on any atom is -0.482 e. The second-order valence-corrected chi connectivity index (χ2v) is 9.52. The number of carbonyl (C=O) groups excluding carboxylic acids is 1. The summed E-state index contributed by atoms with van der Waals surface area (Å²) < 4.78 is 12.7. The van der Waals surface area contributed by atoms with Gasteiger partial charge in [-0.2, -0.15) is 9.78 Å². The van der Waals surface area contributed by atoms with Crippen molar-refractivity contribution in [3.05, 3.63) is 68.7 Å². The molecule has 0 saturated heterocycles. The number of ether oxygens (including phenoxy) is 2. The first kappa shape index (κ1) is 23.7. The minimum atomic E-state index is -0.436. The van der Waals surface area contributed by atoms with Crippen LogP contribution in [0.2, 0.25) is 0 Å². The van der Waals surface area contributed by atoms with Crippen molar-refractivity contribution in [2.75, 3.05) is 6.61 Å². The number of rotatable bonds is 6. The molecular weight excluding hydrogens is 474 g/mol. The van der Waals surface area contributed by atoms with Crippen molar-refractivity contribution in [1.82, 2.24) is 9.66 Å². The van der Waals surface area contributed by atoms with E-state index in [2.05, 4.69) is 21.0 Å². The fourth-order valence-corrected chi connectivity index (χ4v) is 3.35. The van der Waals surface area contributed by atoms with Gasteiger partial charge in [0.05, 0.1) is 23.2 Å². The molecule has 0 saturated carbocycles. The van der Waals surface area contributed by atoms with Crippen LogP contribution >= 0.6 is 15.9 Å². The Balaban J connectivity index is 1.94. The van der Waals surface area contributed by atoms with Gasteiger partial charge >= 0.3 is 5.97 Å². The third-order valence-corrected chi connectivity index (χ3v) is 4.88. The summed E-state index contributed by atoms with van der Waals surface area (Å²) in [5.41, 5.74) is 0.680. The maximum absolute atomic E-state index is 13.2. The molecule has 7 nitrogen and oxygen atoms in total. The average Bonchev–Trinajstić information content (AvgIpc) is 2.71. The van der Waals surface area contributed by atoms with E-state index in [4.69, 9.17) is 14.5 Å². The molecule has 1 heterocycles. The SMILES string of the molecule is CC(C)OC(=O)COc1cccc(C=Nn2c(C(C)(C)C)nc3ccc(Br)cc3c2=O)c1. The Morgan fingerprint density at radius 3 is 2.66 bits per heavy atom. The molecule has 0 aliphatic rings. The summed E-state index contributed by atoms with van der Waals surface area (Å²) in [6.45, 7) is 9.32. The van der Waals surface area contributed by atoms with E-state index in [0.29, 0.717) is 28.0 Å². The molecule has 0 spiro atoms. The normalized spacial score (nSPS) is 12.0. The van der Waals surface area contributed by atoms with Gasteiger partial charge in [0.15, 0.2) is 6.61 Å². The molecule has 0 amide bonds. The summed E-state index contributed by atoms with van der Waals surface area (Å²) >= 11 is 3.41. The molecule has 2 aromatic carbocycles. The van der Waals surface area contributed by atoms with E-state index in [-0.39, 0.29) is 18.3 Å². The third kappa shape index (κ3) is 5.82. The predicted molar refractivity (Wildman–Crippen MR) is 129 cm³/mol. The van der Waals surface area contributed by atoms with E-state index < -0.39 is 11.4 Å². The molecule has 0 radical (unpaired) electrons. The van der Waals surface area contributed by atoms with Crippen LogP contribution < -0.4 is 10.3 Å². The van der Waals surface area contributed by atoms with Crippen LogP contribution in [0.4, 0.5) is 0 Å². The lowest BCUT2D eigenvalue weighted by atomic mass is 9.95. The van der Waals surface area contributed by atoms with E-state index in [1.54, 1.807) is 44.3 Å². The van der Waals surface area contributed by atoms with Crippen molar-refractivity contribution in [3.8, 4) is 5.75 Å². The summed E-state index contributed by atoms with van der Waals surface area (Å²) in [6.07, 6.45) is 1.37. The largest absolute Gasteiger partial charge is 0.482 e. The zero-order valence-electron chi connectivity index (χ0n) is 18.8. The van der Waals surface area contributed by atoms with Crippen LogP contribution in [0.3, 0.4) is 0 Å². The Morgan fingerprint density at radius 2 is 1.97 bits per heavy atom. The van der Waals surface area contributed by atoms with Crippen molar-refractivity contribution < 1.29 is 14.3 Å². The van der Waals surface area contributed by atoms with Crippen LogP contribution in [-0.4, -0.2) is 34.6 Å². The summed E-state index contributed by atoms with van der Waals surface area (Å²) in [5.74, 6) is 0.616. The lowest BCUT2D eigenvalue weighted by Gasteiger charge is -2.20. The Morgan fingerprint density at radius 1 is 1.22 bits per heavy atom. The molecule has 0 unspecified atom stereocenters. The fraction of sp³-hybridized carbons (Fsp3) is 0.333. The summed E-state index contributed by atoms with van der Waals surface area (Å²) in [7, 11) is 0. The van der Waals surface area contributed by atoms with Gasteiger partial charge in [-0.05, 0) is 49.7 Å². The van der Waals surface area contributed by atoms with Crippen LogP contribution in [0, 0.1) is 0 Å². The number of aromatic nitrogens is 2. The molecule has 0 atom stereocenters. The Bertz CT molecular complexity index is 1230. The first-order chi connectivity index (χ1) is 15.0. The van der Waals surface area contributed by atoms with E-state index in [9.17, 15) is 9.59 Å². The van der Waals surface area contributed by atoms with Gasteiger partial charge in [0.25, 0.3) is 5.56 Å². The number of hydrogen-bond acceptors (Lipinski definition) is 6. The number of nitrogens with zero attached hydrogens (tertiary/aromatic N) is 3. The second-order valence-electron chi connectivity index (χ2n) is 8.61. The van der Waals surface area contributed by atoms with Crippen molar-refractivity contribution in [2.24, 2.45) is 5.10 Å². The second kappa shape index (κ2) is 9.65. The summed E-state index contributed by atoms with van der Waals surface area (Å²) in [4.78, 5) is 29.6. The molecular formula is C24H26BrN3O4. The summed E-state index contributed by atoms with van der Waals surface area (Å²) in [6, 6.07) is 12.5. The van der Waals surface area contributed by atoms with Gasteiger partial charge in [-0.3, -0.25) is 4.79 Å². The number of fused-ring (bicyclic) bond motifs is 1. The van der Waals surface area contributed by atoms with Crippen LogP contribution in [-0.2, 0) is 14.9 Å². The first-order valence-electron chi connectivity index (χ1n) is 10.2. The van der Waals surface area contributed by atoms with Crippen LogP contribution in [0.1, 0.15) is 46.0 Å². The van der Waals surface area contributed by atoms with Gasteiger partial charge in [0.2, 0.25) is 0 Å². The number of carbonyl (C=O) groups is 1. The van der Waals surface area contributed by atoms with Crippen molar-refractivity contribution in [3.63, 3.8) is 0 Å². The maximum atomic E-state index is 13.2. The fourth-order valence-electron chi connectivity index (χ4n) is 2.99. The molecule has 0 bridgehead atoms. The maximum Gasteiger partial charge on any atom is 0.344 e. The van der Waals surface area contributed by atoms with Crippen molar-refractivity contribution in [1.29, 1.82) is 0 Å². The number of benzene rings is 2. The van der Waals surface area contributed by atoms with Gasteiger partial charge in [-0.15, -0.1) is 0 Å². The minimum absolute atomic E-state index is 0.185. The van der Waals surface area contributed by atoms with Gasteiger partial charge in [-0.1, -0.05) is 48.8 Å². The molecule has 3 aromatic rings. The highest BCUT2D eigenvalue weighted by Crippen LogP contribution is 2.23. The smallest absolute Gasteiger partial charge is 0.344 e. The molecule has 8 heteroatoms. The molecule has 0 N–H and O–H groups in total. The molecule has 32 heavy (non-hydrogen) atoms. The van der Waals surface area contributed by atoms with E-state index in [0.717, 1.165) is 4.47 Å². The number of halogens is 1. The van der Waals surface area contributed by atoms with Gasteiger partial charge < -0.3 is 9.47 Å². The molecule has 0 fully saturated rings. The highest BCUT2D eigenvalue weighted by Gasteiger charge is 2.22. The number of hydrogen-bond donors (Lipinski definition) is 0. The average molecular weight is 500 g/mol. The van der Waals surface area contributed by atoms with Gasteiger partial charge in [-0.25, -0.2) is 9.78 Å². The molecule has 168 valence electrons. The van der Waals surface area contributed by atoms with Crippen LogP contribution in [0.5, 0.6) is 5.75 Å². The van der Waals surface area contributed by atoms with Gasteiger partial charge in [0, 0.05) is 9.89 Å². The van der Waals surface area contributed by atoms with Crippen LogP contribution in [0.25, 0.3) is 10.9 Å². The number of esters is 1. The summed E-state index contributed by atoms with van der Waals surface area (Å²) in [5, 5.41) is 4.93. The zero-order chi connectivity index (χ0) is 23.5. The molecule has 0 aliphatic heterocycles. The van der Waals surface area contributed by atoms with Crippen LogP contribution in [0.15, 0.2) is 56.8 Å². The highest BCUT2D eigenvalue weighted by atomic mass is 79.9. The topological polar surface area (TPSA) is 82.8 Å². The lowest BCUT2D eigenvalue weighted by molar-refractivity contribution is -0.149. The van der Waals surface area contributed by atoms with E-state index >= 15 is 0 Å². The Hall–Kier alpha value is -3.00. The predicted octanol–water partition coefficient (Wildman–Crippen LogP) is 4.67. The Kier molecular flexibility index (Phi) is 7.13. The zero-order valence-corrected chi connectivity index (χ0v) is 20.3. The first-order valence-corrected chi connectivity index (χ1v) is 11.0. The molecule has 3 rings (SSSR count). The van der Waals surface area contributed by atoms with E-state index in [1.807, 2.05) is 39.0 Å². The van der Waals surface area contributed by atoms with Crippen molar-refractivity contribution in [2.45, 2.75) is 46.1 Å². The van der Waals surface area contributed by atoms with Gasteiger partial charge in [0.1, 0.15) is 11.6 Å². The third-order valence-electron chi connectivity index (χ3n) is 4.38. The Labute approximate surface area is 195 Å².